The van der Waals surface area contributed by atoms with Crippen molar-refractivity contribution in [2.24, 2.45) is 0 Å². The van der Waals surface area contributed by atoms with Gasteiger partial charge < -0.3 is 5.32 Å². The molecule has 2 heterocycles. The summed E-state index contributed by atoms with van der Waals surface area (Å²) in [6.45, 7) is 5.49. The number of hydrogen-bond acceptors (Lipinski definition) is 5. The highest BCUT2D eigenvalue weighted by molar-refractivity contribution is 7.89. The lowest BCUT2D eigenvalue weighted by atomic mass is 10.0. The van der Waals surface area contributed by atoms with Crippen molar-refractivity contribution in [3.8, 4) is 0 Å². The fraction of sp³-hybridized carbons (Fsp3) is 0.769. The van der Waals surface area contributed by atoms with Gasteiger partial charge in [-0.05, 0) is 33.7 Å². The summed E-state index contributed by atoms with van der Waals surface area (Å²) in [4.78, 5) is 2.93. The Morgan fingerprint density at radius 3 is 2.62 bits per heavy atom. The minimum absolute atomic E-state index is 0.211. The maximum Gasteiger partial charge on any atom is 0.256 e. The molecular weight excluding hydrogens is 290 g/mol. The van der Waals surface area contributed by atoms with Crippen molar-refractivity contribution in [2.45, 2.75) is 56.6 Å². The number of nitrogens with one attached hydrogen (secondary N) is 2. The first-order chi connectivity index (χ1) is 9.94. The second-order valence-corrected chi connectivity index (χ2v) is 7.33. The summed E-state index contributed by atoms with van der Waals surface area (Å²) < 4.78 is 26.5. The van der Waals surface area contributed by atoms with Gasteiger partial charge in [0, 0.05) is 24.8 Å². The van der Waals surface area contributed by atoms with Gasteiger partial charge in [0.1, 0.15) is 4.90 Å². The number of nitrogens with zero attached hydrogens (tertiary/aromatic N) is 3. The van der Waals surface area contributed by atoms with Gasteiger partial charge in [0.2, 0.25) is 0 Å². The Hall–Kier alpha value is -0.960. The van der Waals surface area contributed by atoms with Crippen LogP contribution in [0.15, 0.2) is 17.3 Å². The van der Waals surface area contributed by atoms with Crippen LogP contribution >= 0.6 is 0 Å². The van der Waals surface area contributed by atoms with Crippen molar-refractivity contribution in [2.75, 3.05) is 13.6 Å². The van der Waals surface area contributed by atoms with E-state index in [0.717, 1.165) is 25.8 Å². The van der Waals surface area contributed by atoms with Crippen LogP contribution < -0.4 is 10.1 Å². The number of hydrogen-bond donors (Lipinski definition) is 2. The number of likely N-dealkylation sites (N-methyl/N-ethyl adjacent to an activating group) is 1. The first kappa shape index (κ1) is 16.4. The van der Waals surface area contributed by atoms with Crippen LogP contribution in [0.2, 0.25) is 0 Å². The zero-order valence-electron chi connectivity index (χ0n) is 12.9. The smallest absolute Gasteiger partial charge is 0.256 e. The number of hydrazine groups is 1. The number of rotatable bonds is 6. The highest BCUT2D eigenvalue weighted by Crippen LogP contribution is 2.21. The van der Waals surface area contributed by atoms with Gasteiger partial charge >= 0.3 is 0 Å². The molecule has 0 bridgehead atoms. The summed E-state index contributed by atoms with van der Waals surface area (Å²) in [5, 5.41) is 8.95. The predicted molar refractivity (Wildman–Crippen MR) is 81.1 cm³/mol. The molecule has 120 valence electrons. The van der Waals surface area contributed by atoms with Crippen LogP contribution in [0.25, 0.3) is 0 Å². The monoisotopic (exact) mass is 315 g/mol. The van der Waals surface area contributed by atoms with E-state index in [1.54, 1.807) is 10.9 Å². The van der Waals surface area contributed by atoms with Gasteiger partial charge in [-0.25, -0.2) is 13.4 Å². The minimum Gasteiger partial charge on any atom is -0.318 e. The molecule has 0 radical (unpaired) electrons. The highest BCUT2D eigenvalue weighted by Gasteiger charge is 2.29. The molecule has 0 saturated carbocycles. The molecule has 0 aliphatic carbocycles. The second kappa shape index (κ2) is 6.87. The summed E-state index contributed by atoms with van der Waals surface area (Å²) in [5.74, 6) is 0. The molecule has 2 atom stereocenters. The van der Waals surface area contributed by atoms with Crippen LogP contribution in [0.4, 0.5) is 0 Å². The van der Waals surface area contributed by atoms with E-state index in [1.807, 2.05) is 12.1 Å². The minimum atomic E-state index is -3.56. The quantitative estimate of drug-likeness (QED) is 0.802. The fourth-order valence-electron chi connectivity index (χ4n) is 2.62. The average molecular weight is 315 g/mol. The van der Waals surface area contributed by atoms with Gasteiger partial charge in [-0.3, -0.25) is 4.68 Å². The Labute approximate surface area is 126 Å². The zero-order chi connectivity index (χ0) is 15.5. The lowest BCUT2D eigenvalue weighted by molar-refractivity contribution is 0.0790. The van der Waals surface area contributed by atoms with E-state index in [4.69, 9.17) is 0 Å². The molecule has 1 aromatic rings. The Bertz CT molecular complexity index is 547. The van der Waals surface area contributed by atoms with Crippen molar-refractivity contribution in [3.05, 3.63) is 12.4 Å². The van der Waals surface area contributed by atoms with E-state index < -0.39 is 10.0 Å². The largest absolute Gasteiger partial charge is 0.318 e. The van der Waals surface area contributed by atoms with Crippen LogP contribution in [0, 0.1) is 0 Å². The summed E-state index contributed by atoms with van der Waals surface area (Å²) >= 11 is 0. The molecule has 2 N–H and O–H groups in total. The first-order valence-corrected chi connectivity index (χ1v) is 8.90. The summed E-state index contributed by atoms with van der Waals surface area (Å²) in [6, 6.07) is 0.422. The highest BCUT2D eigenvalue weighted by atomic mass is 32.2. The molecule has 1 aliphatic heterocycles. The maximum atomic E-state index is 12.5. The van der Waals surface area contributed by atoms with E-state index in [0.29, 0.717) is 6.54 Å². The third kappa shape index (κ3) is 4.03. The van der Waals surface area contributed by atoms with E-state index in [2.05, 4.69) is 29.1 Å². The predicted octanol–water partition coefficient (Wildman–Crippen LogP) is 0.559. The van der Waals surface area contributed by atoms with E-state index in [-0.39, 0.29) is 17.0 Å². The molecule has 1 aromatic heterocycles. The summed E-state index contributed by atoms with van der Waals surface area (Å²) in [6.07, 6.45) is 6.13. The molecule has 21 heavy (non-hydrogen) atoms. The standard InChI is InChI=1S/C13H25N5O2S/c1-11-5-4-6-12(2)18(11)16-21(19,20)13-9-15-17(10-13)8-7-14-3/h9-12,14,16H,4-8H2,1-3H3. The Morgan fingerprint density at radius 1 is 1.33 bits per heavy atom. The average Bonchev–Trinajstić information content (AvgIpc) is 2.90. The van der Waals surface area contributed by atoms with Crippen molar-refractivity contribution in [1.82, 2.24) is 24.9 Å². The van der Waals surface area contributed by atoms with Gasteiger partial charge in [-0.2, -0.15) is 5.10 Å². The summed E-state index contributed by atoms with van der Waals surface area (Å²) in [5.41, 5.74) is 0. The topological polar surface area (TPSA) is 79.3 Å². The lowest BCUT2D eigenvalue weighted by Crippen LogP contribution is -2.53. The van der Waals surface area contributed by atoms with E-state index in [9.17, 15) is 8.42 Å². The lowest BCUT2D eigenvalue weighted by Gasteiger charge is -2.38. The zero-order valence-corrected chi connectivity index (χ0v) is 13.7. The number of aromatic nitrogens is 2. The van der Waals surface area contributed by atoms with Crippen molar-refractivity contribution in [3.63, 3.8) is 0 Å². The SMILES string of the molecule is CNCCn1cc(S(=O)(=O)NN2C(C)CCCC2C)cn1. The molecule has 8 heteroatoms. The van der Waals surface area contributed by atoms with Crippen LogP contribution in [0.1, 0.15) is 33.1 Å². The van der Waals surface area contributed by atoms with Crippen molar-refractivity contribution in [1.29, 1.82) is 0 Å². The Morgan fingerprint density at radius 2 is 2.00 bits per heavy atom. The summed E-state index contributed by atoms with van der Waals surface area (Å²) in [7, 11) is -1.71. The van der Waals surface area contributed by atoms with E-state index in [1.165, 1.54) is 6.20 Å². The molecule has 1 fully saturated rings. The second-order valence-electron chi connectivity index (χ2n) is 5.67. The third-order valence-electron chi connectivity index (χ3n) is 3.93. The maximum absolute atomic E-state index is 12.5. The molecule has 2 unspecified atom stereocenters. The van der Waals surface area contributed by atoms with Crippen molar-refractivity contribution < 1.29 is 8.42 Å². The third-order valence-corrected chi connectivity index (χ3v) is 5.21. The molecule has 0 aromatic carbocycles. The van der Waals surface area contributed by atoms with Crippen molar-refractivity contribution >= 4 is 10.0 Å². The fourth-order valence-corrected chi connectivity index (χ4v) is 3.81. The van der Waals surface area contributed by atoms with E-state index >= 15 is 0 Å². The Kier molecular flexibility index (Phi) is 5.37. The molecule has 0 amide bonds. The van der Waals surface area contributed by atoms with Crippen LogP contribution in [0.3, 0.4) is 0 Å². The van der Waals surface area contributed by atoms with Crippen LogP contribution in [0.5, 0.6) is 0 Å². The molecular formula is C13H25N5O2S. The van der Waals surface area contributed by atoms with Gasteiger partial charge in [-0.15, -0.1) is 4.83 Å². The molecule has 1 saturated heterocycles. The number of piperidine rings is 1. The Balaban J connectivity index is 2.08. The van der Waals surface area contributed by atoms with Gasteiger partial charge in [0.05, 0.1) is 12.7 Å². The van der Waals surface area contributed by atoms with Gasteiger partial charge in [0.25, 0.3) is 10.0 Å². The van der Waals surface area contributed by atoms with Gasteiger partial charge in [0.15, 0.2) is 0 Å². The molecule has 7 nitrogen and oxygen atoms in total. The first-order valence-electron chi connectivity index (χ1n) is 7.42. The van der Waals surface area contributed by atoms with Gasteiger partial charge in [-0.1, -0.05) is 6.42 Å². The molecule has 1 aliphatic rings. The van der Waals surface area contributed by atoms with Crippen LogP contribution in [-0.4, -0.2) is 48.9 Å². The number of sulfonamides is 1. The molecule has 0 spiro atoms. The van der Waals surface area contributed by atoms with Crippen LogP contribution in [-0.2, 0) is 16.6 Å². The molecule has 2 rings (SSSR count). The normalized spacial score (nSPS) is 24.3.